The summed E-state index contributed by atoms with van der Waals surface area (Å²) in [5.41, 5.74) is -0.474. The fourth-order valence-electron chi connectivity index (χ4n) is 5.92. The summed E-state index contributed by atoms with van der Waals surface area (Å²) in [4.78, 5) is 24.7. The molecule has 1 atom stereocenters. The quantitative estimate of drug-likeness (QED) is 0.480. The molecule has 3 aliphatic rings. The van der Waals surface area contributed by atoms with Crippen LogP contribution >= 0.6 is 0 Å². The maximum Gasteiger partial charge on any atom is 0.395 e. The Morgan fingerprint density at radius 2 is 1.77 bits per heavy atom. The first kappa shape index (κ1) is 27.8. The molecule has 212 valence electrons. The standard InChI is InChI=1S/C28H34F4N4O3/c29-24-13-20(4-5-23(24)25(38)36-10-1-3-22(36)16-37)21-14-33-26(34-15-21)39-17-19-6-11-35(12-7-19)18-27(8-2-9-27)28(30,31)32/h4-5,13-15,19,22,37H,1-3,6-12,16-18H2/t22-/m1/s1. The van der Waals surface area contributed by atoms with E-state index in [9.17, 15) is 27.5 Å². The number of nitrogens with zero attached hydrogens (tertiary/aromatic N) is 4. The Labute approximate surface area is 225 Å². The Morgan fingerprint density at radius 3 is 2.36 bits per heavy atom. The van der Waals surface area contributed by atoms with E-state index in [1.165, 1.54) is 29.4 Å². The van der Waals surface area contributed by atoms with Crippen LogP contribution in [0, 0.1) is 17.2 Å². The van der Waals surface area contributed by atoms with E-state index in [-0.39, 0.29) is 49.5 Å². The number of hydrogen-bond acceptors (Lipinski definition) is 6. The molecule has 39 heavy (non-hydrogen) atoms. The lowest BCUT2D eigenvalue weighted by Gasteiger charge is -2.47. The fraction of sp³-hybridized carbons (Fsp3) is 0.607. The fourth-order valence-corrected chi connectivity index (χ4v) is 5.92. The van der Waals surface area contributed by atoms with Gasteiger partial charge in [0.2, 0.25) is 0 Å². The minimum Gasteiger partial charge on any atom is -0.463 e. The molecule has 5 rings (SSSR count). The molecule has 1 aliphatic carbocycles. The second kappa shape index (κ2) is 11.4. The molecule has 1 amide bonds. The van der Waals surface area contributed by atoms with Gasteiger partial charge < -0.3 is 19.6 Å². The minimum atomic E-state index is -4.14. The SMILES string of the molecule is O=C(c1ccc(-c2cnc(OCC3CCN(CC4(C(F)(F)F)CCC4)CC3)nc2)cc1F)N1CCC[C@@H]1CO. The topological polar surface area (TPSA) is 78.8 Å². The summed E-state index contributed by atoms with van der Waals surface area (Å²) in [6.07, 6.45) is 3.01. The second-order valence-electron chi connectivity index (χ2n) is 11.1. The lowest BCUT2D eigenvalue weighted by atomic mass is 9.67. The largest absolute Gasteiger partial charge is 0.463 e. The number of carbonyl (C=O) groups is 1. The van der Waals surface area contributed by atoms with Crippen molar-refractivity contribution in [2.75, 3.05) is 39.4 Å². The number of alkyl halides is 3. The van der Waals surface area contributed by atoms with Crippen LogP contribution in [0.2, 0.25) is 0 Å². The maximum atomic E-state index is 14.8. The van der Waals surface area contributed by atoms with Gasteiger partial charge in [-0.15, -0.1) is 0 Å². The van der Waals surface area contributed by atoms with Gasteiger partial charge in [0.1, 0.15) is 5.82 Å². The molecule has 0 radical (unpaired) electrons. The van der Waals surface area contributed by atoms with Crippen molar-refractivity contribution in [2.45, 2.75) is 57.2 Å². The molecule has 1 aromatic carbocycles. The first-order valence-corrected chi connectivity index (χ1v) is 13.6. The highest BCUT2D eigenvalue weighted by Gasteiger charge is 2.58. The van der Waals surface area contributed by atoms with E-state index in [4.69, 9.17) is 4.74 Å². The summed E-state index contributed by atoms with van der Waals surface area (Å²) in [6.45, 7) is 2.07. The van der Waals surface area contributed by atoms with Crippen molar-refractivity contribution in [3.8, 4) is 17.1 Å². The number of hydrogen-bond donors (Lipinski definition) is 1. The van der Waals surface area contributed by atoms with Gasteiger partial charge in [-0.2, -0.15) is 13.2 Å². The third-order valence-corrected chi connectivity index (χ3v) is 8.60. The lowest BCUT2D eigenvalue weighted by Crippen LogP contribution is -2.53. The minimum absolute atomic E-state index is 0.0349. The molecule has 0 unspecified atom stereocenters. The monoisotopic (exact) mass is 550 g/mol. The van der Waals surface area contributed by atoms with E-state index in [0.717, 1.165) is 19.3 Å². The van der Waals surface area contributed by atoms with Crippen molar-refractivity contribution < 1.29 is 32.2 Å². The van der Waals surface area contributed by atoms with Crippen molar-refractivity contribution in [3.05, 3.63) is 42.0 Å². The van der Waals surface area contributed by atoms with Crippen LogP contribution in [0.15, 0.2) is 30.6 Å². The average Bonchev–Trinajstić information content (AvgIpc) is 3.38. The highest BCUT2D eigenvalue weighted by Crippen LogP contribution is 2.53. The highest BCUT2D eigenvalue weighted by atomic mass is 19.4. The van der Waals surface area contributed by atoms with Gasteiger partial charge in [-0.25, -0.2) is 14.4 Å². The van der Waals surface area contributed by atoms with E-state index in [1.54, 1.807) is 6.07 Å². The third-order valence-electron chi connectivity index (χ3n) is 8.60. The summed E-state index contributed by atoms with van der Waals surface area (Å²) in [5.74, 6) is -0.858. The van der Waals surface area contributed by atoms with Crippen LogP contribution in [-0.2, 0) is 0 Å². The van der Waals surface area contributed by atoms with E-state index in [0.29, 0.717) is 50.2 Å². The van der Waals surface area contributed by atoms with E-state index in [2.05, 4.69) is 9.97 Å². The molecule has 0 spiro atoms. The molecule has 7 nitrogen and oxygen atoms in total. The number of amides is 1. The summed E-state index contributed by atoms with van der Waals surface area (Å²) in [7, 11) is 0. The summed E-state index contributed by atoms with van der Waals surface area (Å²) >= 11 is 0. The molecular weight excluding hydrogens is 516 g/mol. The van der Waals surface area contributed by atoms with Crippen LogP contribution in [-0.4, -0.2) is 82.4 Å². The Hall–Kier alpha value is -2.79. The third kappa shape index (κ3) is 5.89. The molecule has 3 fully saturated rings. The van der Waals surface area contributed by atoms with Gasteiger partial charge in [0.25, 0.3) is 5.91 Å². The molecule has 1 saturated carbocycles. The lowest BCUT2D eigenvalue weighted by molar-refractivity contribution is -0.256. The molecule has 1 aromatic heterocycles. The number of likely N-dealkylation sites (tertiary alicyclic amines) is 2. The number of rotatable bonds is 8. The summed E-state index contributed by atoms with van der Waals surface area (Å²) in [5, 5.41) is 9.46. The number of aliphatic hydroxyl groups is 1. The molecule has 3 heterocycles. The first-order chi connectivity index (χ1) is 18.7. The number of halogens is 4. The number of piperidine rings is 1. The smallest absolute Gasteiger partial charge is 0.395 e. The molecule has 1 N–H and O–H groups in total. The molecule has 11 heteroatoms. The molecular formula is C28H34F4N4O3. The number of aliphatic hydroxyl groups excluding tert-OH is 1. The van der Waals surface area contributed by atoms with Crippen molar-refractivity contribution in [1.82, 2.24) is 19.8 Å². The van der Waals surface area contributed by atoms with Gasteiger partial charge in [0.15, 0.2) is 0 Å². The predicted molar refractivity (Wildman–Crippen MR) is 136 cm³/mol. The summed E-state index contributed by atoms with van der Waals surface area (Å²) in [6, 6.07) is 4.26. The summed E-state index contributed by atoms with van der Waals surface area (Å²) < 4.78 is 61.0. The number of benzene rings is 1. The van der Waals surface area contributed by atoms with E-state index in [1.807, 2.05) is 4.90 Å². The number of aromatic nitrogens is 2. The van der Waals surface area contributed by atoms with Gasteiger partial charge in [-0.1, -0.05) is 12.5 Å². The Balaban J connectivity index is 1.11. The van der Waals surface area contributed by atoms with Crippen molar-refractivity contribution in [3.63, 3.8) is 0 Å². The van der Waals surface area contributed by atoms with E-state index >= 15 is 0 Å². The van der Waals surface area contributed by atoms with Gasteiger partial charge in [0.05, 0.1) is 30.2 Å². The van der Waals surface area contributed by atoms with Crippen LogP contribution in [0.25, 0.3) is 11.1 Å². The van der Waals surface area contributed by atoms with E-state index < -0.39 is 23.3 Å². The van der Waals surface area contributed by atoms with Crippen LogP contribution in [0.4, 0.5) is 17.6 Å². The Morgan fingerprint density at radius 1 is 1.05 bits per heavy atom. The Kier molecular flexibility index (Phi) is 8.09. The van der Waals surface area contributed by atoms with Crippen LogP contribution in [0.1, 0.15) is 55.3 Å². The molecule has 0 bridgehead atoms. The van der Waals surface area contributed by atoms with Gasteiger partial charge in [-0.3, -0.25) is 4.79 Å². The zero-order valence-corrected chi connectivity index (χ0v) is 21.8. The van der Waals surface area contributed by atoms with Gasteiger partial charge in [-0.05, 0) is 75.2 Å². The molecule has 2 saturated heterocycles. The highest BCUT2D eigenvalue weighted by molar-refractivity contribution is 5.95. The second-order valence-corrected chi connectivity index (χ2v) is 11.1. The van der Waals surface area contributed by atoms with Crippen LogP contribution < -0.4 is 4.74 Å². The predicted octanol–water partition coefficient (Wildman–Crippen LogP) is 4.70. The average molecular weight is 551 g/mol. The van der Waals surface area contributed by atoms with Crippen molar-refractivity contribution in [1.29, 1.82) is 0 Å². The van der Waals surface area contributed by atoms with Gasteiger partial charge in [0, 0.05) is 31.0 Å². The number of ether oxygens (including phenoxy) is 1. The maximum absolute atomic E-state index is 14.8. The Bertz CT molecular complexity index is 1150. The number of carbonyl (C=O) groups excluding carboxylic acids is 1. The van der Waals surface area contributed by atoms with Crippen LogP contribution in [0.3, 0.4) is 0 Å². The molecule has 2 aromatic rings. The van der Waals surface area contributed by atoms with Crippen molar-refractivity contribution in [2.24, 2.45) is 11.3 Å². The normalized spacial score (nSPS) is 22.1. The zero-order chi connectivity index (χ0) is 27.6. The molecule has 2 aliphatic heterocycles. The van der Waals surface area contributed by atoms with Crippen LogP contribution in [0.5, 0.6) is 6.01 Å². The van der Waals surface area contributed by atoms with Gasteiger partial charge >= 0.3 is 12.2 Å². The van der Waals surface area contributed by atoms with Crippen molar-refractivity contribution >= 4 is 5.91 Å². The first-order valence-electron chi connectivity index (χ1n) is 13.6. The zero-order valence-electron chi connectivity index (χ0n) is 21.8.